The molecule has 4 nitrogen and oxygen atoms in total. The number of nitrogens with zero attached hydrogens (tertiary/aromatic N) is 1. The molecule has 0 fully saturated rings. The summed E-state index contributed by atoms with van der Waals surface area (Å²) < 4.78 is 0. The van der Waals surface area contributed by atoms with Gasteiger partial charge >= 0.3 is 0 Å². The zero-order valence-corrected chi connectivity index (χ0v) is 31.0. The molecule has 7 aromatic rings. The lowest BCUT2D eigenvalue weighted by atomic mass is 9.63. The fraction of sp³-hybridized carbons (Fsp3) is 0.0769. The SMILES string of the molecule is NC/C=C\C1=Cc2ccc(-c3cccc(C4NC(c5ccccc5)=CC(c5ccccc5)N4)c3)cc2C12c1ccccc1N(c1ccccc1)c1ccccc12. The highest BCUT2D eigenvalue weighted by molar-refractivity contribution is 5.94. The van der Waals surface area contributed by atoms with Crippen LogP contribution in [0.25, 0.3) is 22.9 Å². The van der Waals surface area contributed by atoms with E-state index in [9.17, 15) is 0 Å². The molecule has 4 heteroatoms. The van der Waals surface area contributed by atoms with Gasteiger partial charge in [0, 0.05) is 17.9 Å². The van der Waals surface area contributed by atoms with Gasteiger partial charge in [-0.1, -0.05) is 158 Å². The highest BCUT2D eigenvalue weighted by Gasteiger charge is 2.50. The summed E-state index contributed by atoms with van der Waals surface area (Å²) >= 11 is 0. The quantitative estimate of drug-likeness (QED) is 0.153. The van der Waals surface area contributed by atoms with Gasteiger partial charge in [0.05, 0.1) is 22.8 Å². The van der Waals surface area contributed by atoms with Crippen molar-refractivity contribution in [3.63, 3.8) is 0 Å². The smallest absolute Gasteiger partial charge is 0.104 e. The van der Waals surface area contributed by atoms with Gasteiger partial charge in [0.25, 0.3) is 0 Å². The molecule has 0 saturated heterocycles. The monoisotopic (exact) mass is 722 g/mol. The summed E-state index contributed by atoms with van der Waals surface area (Å²) in [5.74, 6) is 0. The molecule has 2 atom stereocenters. The van der Waals surface area contributed by atoms with Gasteiger partial charge in [0.2, 0.25) is 0 Å². The van der Waals surface area contributed by atoms with Gasteiger partial charge < -0.3 is 16.0 Å². The number of nitrogens with two attached hydrogens (primary N) is 1. The molecule has 2 unspecified atom stereocenters. The number of para-hydroxylation sites is 3. The maximum atomic E-state index is 6.14. The van der Waals surface area contributed by atoms with Crippen LogP contribution in [0.3, 0.4) is 0 Å². The molecule has 2 aliphatic heterocycles. The standard InChI is InChI=1S/C52H42N4/c53-31-15-22-42-33-40-30-29-39(34-46(40)52(42)44-25-10-12-27-49(44)56(43-23-8-3-9-24-43)50-28-13-11-26-45(50)52)38-20-14-21-41(32-38)51-54-47(36-16-4-1-5-17-36)35-48(55-51)37-18-6-2-7-19-37/h1-30,32-35,47,51,54-55H,31,53H2/b22-15-. The van der Waals surface area contributed by atoms with Crippen molar-refractivity contribution in [1.82, 2.24) is 10.6 Å². The van der Waals surface area contributed by atoms with E-state index >= 15 is 0 Å². The average Bonchev–Trinajstić information content (AvgIpc) is 3.60. The van der Waals surface area contributed by atoms with Crippen LogP contribution in [-0.4, -0.2) is 6.54 Å². The van der Waals surface area contributed by atoms with Crippen molar-refractivity contribution >= 4 is 28.8 Å². The van der Waals surface area contributed by atoms with Crippen LogP contribution >= 0.6 is 0 Å². The molecular weight excluding hydrogens is 681 g/mol. The number of allylic oxidation sites excluding steroid dienone is 2. The van der Waals surface area contributed by atoms with E-state index in [4.69, 9.17) is 5.73 Å². The summed E-state index contributed by atoms with van der Waals surface area (Å²) in [7, 11) is 0. The van der Waals surface area contributed by atoms with E-state index in [0.29, 0.717) is 6.54 Å². The maximum absolute atomic E-state index is 6.14. The highest BCUT2D eigenvalue weighted by atomic mass is 15.2. The van der Waals surface area contributed by atoms with E-state index in [1.807, 2.05) is 0 Å². The topological polar surface area (TPSA) is 53.3 Å². The summed E-state index contributed by atoms with van der Waals surface area (Å²) in [6.07, 6.45) is 8.89. The molecule has 4 N–H and O–H groups in total. The second-order valence-corrected chi connectivity index (χ2v) is 14.7. The van der Waals surface area contributed by atoms with Crippen LogP contribution in [0.5, 0.6) is 0 Å². The average molecular weight is 723 g/mol. The van der Waals surface area contributed by atoms with Crippen molar-refractivity contribution in [3.8, 4) is 11.1 Å². The summed E-state index contributed by atoms with van der Waals surface area (Å²) in [5, 5.41) is 7.74. The van der Waals surface area contributed by atoms with Gasteiger partial charge in [-0.15, -0.1) is 0 Å². The molecule has 0 radical (unpaired) electrons. The minimum Gasteiger partial charge on any atom is -0.366 e. The van der Waals surface area contributed by atoms with Gasteiger partial charge in [-0.2, -0.15) is 0 Å². The Hall–Kier alpha value is -6.72. The summed E-state index contributed by atoms with van der Waals surface area (Å²) in [5.41, 5.74) is 22.4. The van der Waals surface area contributed by atoms with Crippen molar-refractivity contribution < 1.29 is 0 Å². The van der Waals surface area contributed by atoms with Crippen molar-refractivity contribution in [3.05, 3.63) is 245 Å². The Bertz CT molecular complexity index is 2590. The summed E-state index contributed by atoms with van der Waals surface area (Å²) in [4.78, 5) is 2.41. The van der Waals surface area contributed by atoms with E-state index in [0.717, 1.165) is 11.4 Å². The Labute approximate surface area is 329 Å². The predicted molar refractivity (Wildman–Crippen MR) is 232 cm³/mol. The first-order chi connectivity index (χ1) is 27.7. The largest absolute Gasteiger partial charge is 0.366 e. The molecule has 1 aliphatic carbocycles. The zero-order chi connectivity index (χ0) is 37.5. The number of nitrogens with one attached hydrogen (secondary N) is 2. The van der Waals surface area contributed by atoms with Gasteiger partial charge in [0.1, 0.15) is 6.17 Å². The van der Waals surface area contributed by atoms with Crippen LogP contribution in [0.2, 0.25) is 0 Å². The fourth-order valence-electron chi connectivity index (χ4n) is 9.06. The molecule has 0 aromatic heterocycles. The van der Waals surface area contributed by atoms with Crippen molar-refractivity contribution in [2.45, 2.75) is 17.6 Å². The number of benzene rings is 7. The van der Waals surface area contributed by atoms with Crippen LogP contribution in [-0.2, 0) is 5.41 Å². The molecule has 0 saturated carbocycles. The Balaban J connectivity index is 1.10. The second-order valence-electron chi connectivity index (χ2n) is 14.7. The molecule has 7 aromatic carbocycles. The molecule has 0 bridgehead atoms. The van der Waals surface area contributed by atoms with Crippen LogP contribution in [0.15, 0.2) is 206 Å². The van der Waals surface area contributed by atoms with E-state index in [2.05, 4.69) is 222 Å². The lowest BCUT2D eigenvalue weighted by Crippen LogP contribution is -2.39. The zero-order valence-electron chi connectivity index (χ0n) is 31.0. The molecule has 3 aliphatic rings. The van der Waals surface area contributed by atoms with E-state index in [-0.39, 0.29) is 12.2 Å². The lowest BCUT2D eigenvalue weighted by Gasteiger charge is -2.45. The number of hydrogen-bond donors (Lipinski definition) is 3. The normalized spacial score (nSPS) is 17.8. The van der Waals surface area contributed by atoms with Crippen LogP contribution < -0.4 is 21.3 Å². The molecule has 56 heavy (non-hydrogen) atoms. The molecule has 270 valence electrons. The first kappa shape index (κ1) is 33.8. The van der Waals surface area contributed by atoms with Gasteiger partial charge in [-0.05, 0) is 104 Å². The third-order valence-electron chi connectivity index (χ3n) is 11.5. The maximum Gasteiger partial charge on any atom is 0.104 e. The highest BCUT2D eigenvalue weighted by Crippen LogP contribution is 2.61. The first-order valence-corrected chi connectivity index (χ1v) is 19.4. The molecular formula is C52H42N4. The Morgan fingerprint density at radius 2 is 1.18 bits per heavy atom. The second kappa shape index (κ2) is 14.2. The summed E-state index contributed by atoms with van der Waals surface area (Å²) in [6, 6.07) is 65.9. The van der Waals surface area contributed by atoms with Crippen LogP contribution in [0.4, 0.5) is 17.1 Å². The Kier molecular flexibility index (Phi) is 8.56. The van der Waals surface area contributed by atoms with Crippen molar-refractivity contribution in [2.24, 2.45) is 5.73 Å². The van der Waals surface area contributed by atoms with Crippen molar-refractivity contribution in [1.29, 1.82) is 0 Å². The number of hydrogen-bond acceptors (Lipinski definition) is 4. The van der Waals surface area contributed by atoms with E-state index < -0.39 is 5.41 Å². The number of anilines is 3. The molecule has 2 heterocycles. The van der Waals surface area contributed by atoms with Gasteiger partial charge in [0.15, 0.2) is 0 Å². The van der Waals surface area contributed by atoms with E-state index in [1.54, 1.807) is 0 Å². The summed E-state index contributed by atoms with van der Waals surface area (Å²) in [6.45, 7) is 0.469. The van der Waals surface area contributed by atoms with Crippen LogP contribution in [0.1, 0.15) is 51.2 Å². The molecule has 0 amide bonds. The third kappa shape index (κ3) is 5.62. The minimum atomic E-state index is -0.544. The predicted octanol–water partition coefficient (Wildman–Crippen LogP) is 11.4. The minimum absolute atomic E-state index is 0.0501. The fourth-order valence-corrected chi connectivity index (χ4v) is 9.06. The lowest BCUT2D eigenvalue weighted by molar-refractivity contribution is 0.443. The Morgan fingerprint density at radius 1 is 0.571 bits per heavy atom. The van der Waals surface area contributed by atoms with Gasteiger partial charge in [-0.25, -0.2) is 0 Å². The Morgan fingerprint density at radius 3 is 1.89 bits per heavy atom. The van der Waals surface area contributed by atoms with Crippen molar-refractivity contribution in [2.75, 3.05) is 11.4 Å². The molecule has 10 rings (SSSR count). The van der Waals surface area contributed by atoms with Crippen LogP contribution in [0, 0.1) is 0 Å². The number of fused-ring (bicyclic) bond motifs is 6. The first-order valence-electron chi connectivity index (χ1n) is 19.4. The molecule has 1 spiro atoms. The third-order valence-corrected chi connectivity index (χ3v) is 11.5. The van der Waals surface area contributed by atoms with Gasteiger partial charge in [-0.3, -0.25) is 5.32 Å². The van der Waals surface area contributed by atoms with E-state index in [1.165, 1.54) is 67.0 Å². The number of rotatable bonds is 7.